The molecule has 0 aromatic carbocycles. The van der Waals surface area contributed by atoms with Crippen LogP contribution < -0.4 is 4.90 Å². The van der Waals surface area contributed by atoms with Crippen molar-refractivity contribution in [1.82, 2.24) is 14.3 Å². The molecule has 2 saturated heterocycles. The van der Waals surface area contributed by atoms with Gasteiger partial charge in [-0.1, -0.05) is 6.42 Å². The molecule has 114 valence electrons. The Hall–Kier alpha value is -1.11. The van der Waals surface area contributed by atoms with E-state index in [1.54, 1.807) is 11.3 Å². The van der Waals surface area contributed by atoms with Crippen molar-refractivity contribution in [3.8, 4) is 0 Å². The molecule has 4 rings (SSSR count). The van der Waals surface area contributed by atoms with E-state index >= 15 is 0 Å². The summed E-state index contributed by atoms with van der Waals surface area (Å²) in [6.07, 6.45) is 7.30. The fraction of sp³-hybridized carbons (Fsp3) is 0.667. The Kier molecular flexibility index (Phi) is 3.61. The van der Waals surface area contributed by atoms with Crippen molar-refractivity contribution in [3.63, 3.8) is 0 Å². The SMILES string of the molecule is OCc1c(N2CCC(N3CCCCC3)C2)nc2sccn12. The predicted octanol–water partition coefficient (Wildman–Crippen LogP) is 1.95. The summed E-state index contributed by atoms with van der Waals surface area (Å²) < 4.78 is 2.02. The van der Waals surface area contributed by atoms with Gasteiger partial charge in [0.25, 0.3) is 0 Å². The number of aliphatic hydroxyl groups excluding tert-OH is 1. The largest absolute Gasteiger partial charge is 0.390 e. The summed E-state index contributed by atoms with van der Waals surface area (Å²) in [4.78, 5) is 10.7. The number of hydrogen-bond acceptors (Lipinski definition) is 5. The van der Waals surface area contributed by atoms with Crippen LogP contribution in [0, 0.1) is 0 Å². The smallest absolute Gasteiger partial charge is 0.195 e. The Labute approximate surface area is 128 Å². The minimum absolute atomic E-state index is 0.0537. The van der Waals surface area contributed by atoms with Crippen molar-refractivity contribution >= 4 is 22.1 Å². The number of fused-ring (bicyclic) bond motifs is 1. The third kappa shape index (κ3) is 2.35. The van der Waals surface area contributed by atoms with Gasteiger partial charge < -0.3 is 10.0 Å². The molecule has 6 heteroatoms. The molecule has 0 aliphatic carbocycles. The van der Waals surface area contributed by atoms with Crippen LogP contribution >= 0.6 is 11.3 Å². The van der Waals surface area contributed by atoms with Crippen molar-refractivity contribution < 1.29 is 5.11 Å². The summed E-state index contributed by atoms with van der Waals surface area (Å²) in [5, 5.41) is 11.7. The monoisotopic (exact) mass is 306 g/mol. The van der Waals surface area contributed by atoms with E-state index in [1.165, 1.54) is 38.8 Å². The maximum atomic E-state index is 9.71. The number of thiazole rings is 1. The summed E-state index contributed by atoms with van der Waals surface area (Å²) in [5.41, 5.74) is 0.936. The molecule has 2 aliphatic rings. The van der Waals surface area contributed by atoms with E-state index in [0.717, 1.165) is 29.6 Å². The van der Waals surface area contributed by atoms with Crippen LogP contribution in [0.5, 0.6) is 0 Å². The van der Waals surface area contributed by atoms with Gasteiger partial charge in [-0.2, -0.15) is 0 Å². The number of anilines is 1. The van der Waals surface area contributed by atoms with E-state index in [1.807, 2.05) is 16.0 Å². The second-order valence-corrected chi connectivity index (χ2v) is 6.95. The van der Waals surface area contributed by atoms with Gasteiger partial charge in [0.05, 0.1) is 12.3 Å². The lowest BCUT2D eigenvalue weighted by molar-refractivity contribution is 0.174. The molecular formula is C15H22N4OS. The van der Waals surface area contributed by atoms with E-state index in [4.69, 9.17) is 4.98 Å². The Morgan fingerprint density at radius 2 is 2.10 bits per heavy atom. The van der Waals surface area contributed by atoms with Crippen LogP contribution in [0.2, 0.25) is 0 Å². The number of rotatable bonds is 3. The standard InChI is InChI=1S/C15H22N4OS/c20-11-13-14(16-15-19(13)8-9-21-15)18-7-4-12(10-18)17-5-2-1-3-6-17/h8-9,12,20H,1-7,10-11H2. The van der Waals surface area contributed by atoms with E-state index in [0.29, 0.717) is 6.04 Å². The average Bonchev–Trinajstić information content (AvgIpc) is 3.22. The second kappa shape index (κ2) is 5.59. The first kappa shape index (κ1) is 13.5. The zero-order chi connectivity index (χ0) is 14.2. The lowest BCUT2D eigenvalue weighted by Crippen LogP contribution is -2.41. The van der Waals surface area contributed by atoms with Crippen molar-refractivity contribution in [2.45, 2.75) is 38.3 Å². The molecule has 1 N–H and O–H groups in total. The van der Waals surface area contributed by atoms with Crippen LogP contribution in [0.25, 0.3) is 4.96 Å². The number of hydrogen-bond donors (Lipinski definition) is 1. The Morgan fingerprint density at radius 1 is 1.24 bits per heavy atom. The molecule has 0 spiro atoms. The molecular weight excluding hydrogens is 284 g/mol. The second-order valence-electron chi connectivity index (χ2n) is 6.08. The van der Waals surface area contributed by atoms with Gasteiger partial charge in [-0.25, -0.2) is 4.98 Å². The summed E-state index contributed by atoms with van der Waals surface area (Å²) in [6.45, 7) is 4.67. The predicted molar refractivity (Wildman–Crippen MR) is 85.0 cm³/mol. The molecule has 0 bridgehead atoms. The van der Waals surface area contributed by atoms with Crippen LogP contribution in [0.1, 0.15) is 31.4 Å². The summed E-state index contributed by atoms with van der Waals surface area (Å²) in [7, 11) is 0. The Morgan fingerprint density at radius 3 is 2.90 bits per heavy atom. The molecule has 2 aliphatic heterocycles. The fourth-order valence-corrected chi connectivity index (χ4v) is 4.47. The van der Waals surface area contributed by atoms with Gasteiger partial charge in [-0.3, -0.25) is 9.30 Å². The number of imidazole rings is 1. The summed E-state index contributed by atoms with van der Waals surface area (Å²) >= 11 is 1.63. The van der Waals surface area contributed by atoms with Gasteiger partial charge in [-0.05, 0) is 32.4 Å². The number of aromatic nitrogens is 2. The van der Waals surface area contributed by atoms with Gasteiger partial charge in [-0.15, -0.1) is 11.3 Å². The van der Waals surface area contributed by atoms with Crippen molar-refractivity contribution in [3.05, 3.63) is 17.3 Å². The van der Waals surface area contributed by atoms with Crippen molar-refractivity contribution in [2.24, 2.45) is 0 Å². The van der Waals surface area contributed by atoms with Crippen LogP contribution in [0.4, 0.5) is 5.82 Å². The maximum absolute atomic E-state index is 9.71. The fourth-order valence-electron chi connectivity index (χ4n) is 3.74. The average molecular weight is 306 g/mol. The van der Waals surface area contributed by atoms with Crippen molar-refractivity contribution in [1.29, 1.82) is 0 Å². The van der Waals surface area contributed by atoms with E-state index in [-0.39, 0.29) is 6.61 Å². The highest BCUT2D eigenvalue weighted by Crippen LogP contribution is 2.29. The van der Waals surface area contributed by atoms with Crippen LogP contribution in [-0.4, -0.2) is 51.6 Å². The molecule has 1 atom stereocenters. The van der Waals surface area contributed by atoms with Crippen LogP contribution in [-0.2, 0) is 6.61 Å². The summed E-state index contributed by atoms with van der Waals surface area (Å²) in [6, 6.07) is 0.663. The minimum Gasteiger partial charge on any atom is -0.390 e. The minimum atomic E-state index is 0.0537. The number of likely N-dealkylation sites (tertiary alicyclic amines) is 1. The highest BCUT2D eigenvalue weighted by molar-refractivity contribution is 7.15. The molecule has 0 amide bonds. The number of aliphatic hydroxyl groups is 1. The zero-order valence-electron chi connectivity index (χ0n) is 12.2. The molecule has 0 radical (unpaired) electrons. The quantitative estimate of drug-likeness (QED) is 0.941. The molecule has 2 aromatic rings. The molecule has 0 saturated carbocycles. The third-order valence-electron chi connectivity index (χ3n) is 4.86. The molecule has 2 fully saturated rings. The van der Waals surface area contributed by atoms with Gasteiger partial charge in [0.1, 0.15) is 0 Å². The first-order valence-electron chi connectivity index (χ1n) is 7.91. The normalized spacial score (nSPS) is 24.2. The van der Waals surface area contributed by atoms with E-state index < -0.39 is 0 Å². The molecule has 5 nitrogen and oxygen atoms in total. The van der Waals surface area contributed by atoms with Crippen molar-refractivity contribution in [2.75, 3.05) is 31.1 Å². The highest BCUT2D eigenvalue weighted by Gasteiger charge is 2.31. The van der Waals surface area contributed by atoms with Gasteiger partial charge in [0.2, 0.25) is 0 Å². The van der Waals surface area contributed by atoms with E-state index in [2.05, 4.69) is 9.80 Å². The Bertz CT molecular complexity index is 616. The first-order chi connectivity index (χ1) is 10.4. The molecule has 1 unspecified atom stereocenters. The molecule has 4 heterocycles. The lowest BCUT2D eigenvalue weighted by Gasteiger charge is -2.32. The third-order valence-corrected chi connectivity index (χ3v) is 5.62. The zero-order valence-corrected chi connectivity index (χ0v) is 13.1. The Balaban J connectivity index is 1.54. The summed E-state index contributed by atoms with van der Waals surface area (Å²) in [5.74, 6) is 0.990. The molecule has 2 aromatic heterocycles. The number of nitrogens with zero attached hydrogens (tertiary/aromatic N) is 4. The lowest BCUT2D eigenvalue weighted by atomic mass is 10.1. The maximum Gasteiger partial charge on any atom is 0.195 e. The first-order valence-corrected chi connectivity index (χ1v) is 8.79. The highest BCUT2D eigenvalue weighted by atomic mass is 32.1. The van der Waals surface area contributed by atoms with Gasteiger partial charge in [0.15, 0.2) is 10.8 Å². The van der Waals surface area contributed by atoms with Gasteiger partial charge in [0, 0.05) is 30.7 Å². The molecule has 21 heavy (non-hydrogen) atoms. The van der Waals surface area contributed by atoms with Crippen LogP contribution in [0.3, 0.4) is 0 Å². The topological polar surface area (TPSA) is 44.0 Å². The van der Waals surface area contributed by atoms with Crippen LogP contribution in [0.15, 0.2) is 11.6 Å². The van der Waals surface area contributed by atoms with E-state index in [9.17, 15) is 5.11 Å². The van der Waals surface area contributed by atoms with Gasteiger partial charge >= 0.3 is 0 Å². The number of piperidine rings is 1.